The van der Waals surface area contributed by atoms with Crippen LogP contribution in [0.3, 0.4) is 0 Å². The summed E-state index contributed by atoms with van der Waals surface area (Å²) in [5, 5.41) is 0. The number of rotatable bonds is 11. The molecule has 4 heteroatoms. The number of hydrogen-bond acceptors (Lipinski definition) is 1. The molecule has 130 valence electrons. The lowest BCUT2D eigenvalue weighted by molar-refractivity contribution is -0.130. The highest BCUT2D eigenvalue weighted by molar-refractivity contribution is 9.12. The minimum atomic E-state index is 0.370. The fourth-order valence-electron chi connectivity index (χ4n) is 3.06. The van der Waals surface area contributed by atoms with Crippen LogP contribution in [0.5, 0.6) is 0 Å². The van der Waals surface area contributed by atoms with E-state index in [4.69, 9.17) is 0 Å². The average molecular weight is 439 g/mol. The minimum absolute atomic E-state index is 0.370. The molecule has 0 aromatic rings. The van der Waals surface area contributed by atoms with Crippen molar-refractivity contribution in [1.82, 2.24) is 4.90 Å². The molecule has 0 aliphatic carbocycles. The van der Waals surface area contributed by atoms with Gasteiger partial charge in [-0.05, 0) is 32.1 Å². The van der Waals surface area contributed by atoms with Crippen molar-refractivity contribution in [3.63, 3.8) is 0 Å². The summed E-state index contributed by atoms with van der Waals surface area (Å²) in [4.78, 5) is 15.1. The maximum absolute atomic E-state index is 12.0. The molecule has 1 fully saturated rings. The van der Waals surface area contributed by atoms with Crippen LogP contribution in [0.4, 0.5) is 0 Å². The van der Waals surface area contributed by atoms with Gasteiger partial charge in [0.25, 0.3) is 0 Å². The molecule has 0 bridgehead atoms. The fourth-order valence-corrected chi connectivity index (χ4v) is 4.23. The van der Waals surface area contributed by atoms with Gasteiger partial charge in [0.1, 0.15) is 0 Å². The normalized spacial score (nSPS) is 19.0. The number of hydrogen-bond donors (Lipinski definition) is 0. The van der Waals surface area contributed by atoms with Crippen molar-refractivity contribution in [2.75, 3.05) is 13.1 Å². The van der Waals surface area contributed by atoms with Crippen LogP contribution in [-0.4, -0.2) is 33.6 Å². The number of halogens is 2. The number of amides is 1. The summed E-state index contributed by atoms with van der Waals surface area (Å²) < 4.78 is 0. The lowest BCUT2D eigenvalue weighted by Gasteiger charge is -2.22. The standard InChI is InChI=1S/C18H33Br2NO/c1-2-3-4-5-7-11-16(19)17(20)12-10-15-21-14-9-6-8-13-18(21)22/h16-17H,2-15H2,1H3. The Labute approximate surface area is 154 Å². The van der Waals surface area contributed by atoms with Crippen LogP contribution in [0.1, 0.15) is 84.0 Å². The molecular weight excluding hydrogens is 406 g/mol. The van der Waals surface area contributed by atoms with Gasteiger partial charge in [-0.1, -0.05) is 77.3 Å². The largest absolute Gasteiger partial charge is 0.343 e. The van der Waals surface area contributed by atoms with E-state index in [0.717, 1.165) is 38.8 Å². The fraction of sp³-hybridized carbons (Fsp3) is 0.944. The second-order valence-corrected chi connectivity index (χ2v) is 8.92. The van der Waals surface area contributed by atoms with Gasteiger partial charge in [0.2, 0.25) is 5.91 Å². The first kappa shape index (κ1) is 20.5. The molecular formula is C18H33Br2NO. The van der Waals surface area contributed by atoms with Gasteiger partial charge in [-0.2, -0.15) is 0 Å². The van der Waals surface area contributed by atoms with Crippen LogP contribution < -0.4 is 0 Å². The first-order valence-corrected chi connectivity index (χ1v) is 11.0. The Hall–Kier alpha value is 0.430. The van der Waals surface area contributed by atoms with Gasteiger partial charge in [-0.15, -0.1) is 0 Å². The maximum Gasteiger partial charge on any atom is 0.222 e. The van der Waals surface area contributed by atoms with Crippen LogP contribution in [-0.2, 0) is 4.79 Å². The molecule has 1 amide bonds. The number of likely N-dealkylation sites (tertiary alicyclic amines) is 1. The molecule has 1 heterocycles. The Balaban J connectivity index is 2.10. The first-order chi connectivity index (χ1) is 10.6. The Morgan fingerprint density at radius 2 is 1.64 bits per heavy atom. The van der Waals surface area contributed by atoms with E-state index in [1.165, 1.54) is 51.4 Å². The number of alkyl halides is 2. The van der Waals surface area contributed by atoms with E-state index in [1.54, 1.807) is 0 Å². The SMILES string of the molecule is CCCCCCCC(Br)C(Br)CCCN1CCCCCC1=O. The number of carbonyl (C=O) groups excluding carboxylic acids is 1. The van der Waals surface area contributed by atoms with Gasteiger partial charge in [-0.3, -0.25) is 4.79 Å². The third-order valence-corrected chi connectivity index (χ3v) is 7.46. The molecule has 1 rings (SSSR count). The highest BCUT2D eigenvalue weighted by Gasteiger charge is 2.18. The molecule has 2 atom stereocenters. The third kappa shape index (κ3) is 8.90. The summed E-state index contributed by atoms with van der Waals surface area (Å²) in [7, 11) is 0. The Morgan fingerprint density at radius 3 is 2.36 bits per heavy atom. The minimum Gasteiger partial charge on any atom is -0.343 e. The van der Waals surface area contributed by atoms with Crippen molar-refractivity contribution in [3.05, 3.63) is 0 Å². The molecule has 1 aliphatic rings. The number of unbranched alkanes of at least 4 members (excludes halogenated alkanes) is 4. The molecule has 0 spiro atoms. The van der Waals surface area contributed by atoms with Crippen LogP contribution >= 0.6 is 31.9 Å². The zero-order chi connectivity index (χ0) is 16.2. The van der Waals surface area contributed by atoms with E-state index in [-0.39, 0.29) is 0 Å². The third-order valence-electron chi connectivity index (χ3n) is 4.56. The van der Waals surface area contributed by atoms with Gasteiger partial charge in [-0.25, -0.2) is 0 Å². The van der Waals surface area contributed by atoms with E-state index in [1.807, 2.05) is 0 Å². The predicted octanol–water partition coefficient (Wildman–Crippen LogP) is 6.06. The van der Waals surface area contributed by atoms with Gasteiger partial charge < -0.3 is 4.90 Å². The molecule has 1 aliphatic heterocycles. The predicted molar refractivity (Wildman–Crippen MR) is 103 cm³/mol. The van der Waals surface area contributed by atoms with Crippen molar-refractivity contribution in [2.45, 2.75) is 93.6 Å². The molecule has 1 saturated heterocycles. The summed E-state index contributed by atoms with van der Waals surface area (Å²) in [6.07, 6.45) is 14.5. The lowest BCUT2D eigenvalue weighted by atomic mass is 10.1. The molecule has 0 aromatic carbocycles. The molecule has 0 saturated carbocycles. The van der Waals surface area contributed by atoms with E-state index in [9.17, 15) is 4.79 Å². The maximum atomic E-state index is 12.0. The van der Waals surface area contributed by atoms with Crippen molar-refractivity contribution < 1.29 is 4.79 Å². The van der Waals surface area contributed by atoms with Crippen LogP contribution in [0.2, 0.25) is 0 Å². The summed E-state index contributed by atoms with van der Waals surface area (Å²) in [6.45, 7) is 4.18. The molecule has 0 radical (unpaired) electrons. The second-order valence-electron chi connectivity index (χ2n) is 6.57. The van der Waals surface area contributed by atoms with Crippen molar-refractivity contribution in [3.8, 4) is 0 Å². The molecule has 0 aromatic heterocycles. The van der Waals surface area contributed by atoms with Crippen LogP contribution in [0.15, 0.2) is 0 Å². The van der Waals surface area contributed by atoms with Gasteiger partial charge >= 0.3 is 0 Å². The molecule has 0 N–H and O–H groups in total. The smallest absolute Gasteiger partial charge is 0.222 e. The highest BCUT2D eigenvalue weighted by Crippen LogP contribution is 2.25. The quantitative estimate of drug-likeness (QED) is 0.283. The number of nitrogens with zero attached hydrogens (tertiary/aromatic N) is 1. The van der Waals surface area contributed by atoms with E-state index in [2.05, 4.69) is 43.7 Å². The highest BCUT2D eigenvalue weighted by atomic mass is 79.9. The van der Waals surface area contributed by atoms with Crippen molar-refractivity contribution >= 4 is 37.8 Å². The Kier molecular flexibility index (Phi) is 11.9. The zero-order valence-electron chi connectivity index (χ0n) is 14.2. The van der Waals surface area contributed by atoms with E-state index >= 15 is 0 Å². The summed E-state index contributed by atoms with van der Waals surface area (Å²) in [5.41, 5.74) is 0. The Morgan fingerprint density at radius 1 is 0.955 bits per heavy atom. The topological polar surface area (TPSA) is 20.3 Å². The van der Waals surface area contributed by atoms with Crippen molar-refractivity contribution in [1.29, 1.82) is 0 Å². The van der Waals surface area contributed by atoms with Crippen LogP contribution in [0.25, 0.3) is 0 Å². The first-order valence-electron chi connectivity index (χ1n) is 9.21. The van der Waals surface area contributed by atoms with Gasteiger partial charge in [0.15, 0.2) is 0 Å². The number of carbonyl (C=O) groups is 1. The van der Waals surface area contributed by atoms with E-state index in [0.29, 0.717) is 15.6 Å². The second kappa shape index (κ2) is 12.8. The van der Waals surface area contributed by atoms with E-state index < -0.39 is 0 Å². The van der Waals surface area contributed by atoms with Crippen molar-refractivity contribution in [2.24, 2.45) is 0 Å². The molecule has 22 heavy (non-hydrogen) atoms. The monoisotopic (exact) mass is 437 g/mol. The summed E-state index contributed by atoms with van der Waals surface area (Å²) in [5.74, 6) is 0.370. The lowest BCUT2D eigenvalue weighted by Crippen LogP contribution is -2.31. The summed E-state index contributed by atoms with van der Waals surface area (Å²) in [6, 6.07) is 0. The summed E-state index contributed by atoms with van der Waals surface area (Å²) >= 11 is 7.67. The zero-order valence-corrected chi connectivity index (χ0v) is 17.3. The van der Waals surface area contributed by atoms with Crippen LogP contribution in [0, 0.1) is 0 Å². The van der Waals surface area contributed by atoms with Gasteiger partial charge in [0, 0.05) is 29.2 Å². The Bertz CT molecular complexity index is 299. The molecule has 2 unspecified atom stereocenters. The van der Waals surface area contributed by atoms with Gasteiger partial charge in [0.05, 0.1) is 0 Å². The molecule has 2 nitrogen and oxygen atoms in total. The average Bonchev–Trinajstić information content (AvgIpc) is 2.71.